The van der Waals surface area contributed by atoms with Gasteiger partial charge >= 0.3 is 0 Å². The van der Waals surface area contributed by atoms with Crippen molar-refractivity contribution in [3.8, 4) is 6.07 Å². The maximum absolute atomic E-state index is 9.06. The summed E-state index contributed by atoms with van der Waals surface area (Å²) in [6.45, 7) is 0.806. The van der Waals surface area contributed by atoms with E-state index in [1.807, 2.05) is 24.3 Å². The molecule has 1 atom stereocenters. The van der Waals surface area contributed by atoms with Gasteiger partial charge in [-0.3, -0.25) is 0 Å². The highest BCUT2D eigenvalue weighted by atomic mass is 16.5. The Morgan fingerprint density at radius 1 is 1.26 bits per heavy atom. The molecule has 1 saturated carbocycles. The lowest BCUT2D eigenvalue weighted by Gasteiger charge is -2.24. The highest BCUT2D eigenvalue weighted by molar-refractivity contribution is 5.57. The van der Waals surface area contributed by atoms with Crippen LogP contribution in [-0.2, 0) is 4.74 Å². The van der Waals surface area contributed by atoms with Gasteiger partial charge in [-0.05, 0) is 37.8 Å². The van der Waals surface area contributed by atoms with E-state index in [0.717, 1.165) is 18.7 Å². The van der Waals surface area contributed by atoms with Crippen LogP contribution in [0.2, 0.25) is 0 Å². The van der Waals surface area contributed by atoms with Crippen LogP contribution in [0.25, 0.3) is 0 Å². The van der Waals surface area contributed by atoms with Gasteiger partial charge in [0.15, 0.2) is 0 Å². The maximum atomic E-state index is 9.06. The molecule has 1 saturated heterocycles. The van der Waals surface area contributed by atoms with Gasteiger partial charge in [0, 0.05) is 6.54 Å². The van der Waals surface area contributed by atoms with E-state index in [9.17, 15) is 0 Å². The third-order valence-electron chi connectivity index (χ3n) is 4.42. The molecular weight excluding hydrogens is 236 g/mol. The second kappa shape index (κ2) is 5.22. The van der Waals surface area contributed by atoms with E-state index in [1.165, 1.54) is 32.1 Å². The maximum Gasteiger partial charge on any atom is 0.101 e. The van der Waals surface area contributed by atoms with Crippen LogP contribution >= 0.6 is 0 Å². The fraction of sp³-hybridized carbons (Fsp3) is 0.562. The second-order valence-corrected chi connectivity index (χ2v) is 5.71. The Kier molecular flexibility index (Phi) is 3.44. The summed E-state index contributed by atoms with van der Waals surface area (Å²) in [6, 6.07) is 9.86. The van der Waals surface area contributed by atoms with Crippen LogP contribution in [0.1, 0.15) is 44.1 Å². The molecule has 100 valence electrons. The lowest BCUT2D eigenvalue weighted by molar-refractivity contribution is -0.0307. The van der Waals surface area contributed by atoms with Gasteiger partial charge in [0.25, 0.3) is 0 Å². The van der Waals surface area contributed by atoms with E-state index in [-0.39, 0.29) is 5.60 Å². The first-order chi connectivity index (χ1) is 9.31. The number of ether oxygens (including phenoxy) is 1. The van der Waals surface area contributed by atoms with Crippen LogP contribution in [-0.4, -0.2) is 18.2 Å². The Hall–Kier alpha value is -1.53. The predicted octanol–water partition coefficient (Wildman–Crippen LogP) is 3.46. The Labute approximate surface area is 114 Å². The molecule has 1 unspecified atom stereocenters. The minimum absolute atomic E-state index is 0.196. The van der Waals surface area contributed by atoms with Crippen molar-refractivity contribution in [3.63, 3.8) is 0 Å². The summed E-state index contributed by atoms with van der Waals surface area (Å²) < 4.78 is 6.26. The van der Waals surface area contributed by atoms with Crippen molar-refractivity contribution in [1.29, 1.82) is 5.26 Å². The van der Waals surface area contributed by atoms with Crippen LogP contribution < -0.4 is 5.32 Å². The Balaban J connectivity index is 1.57. The zero-order chi connectivity index (χ0) is 13.1. The van der Waals surface area contributed by atoms with Crippen molar-refractivity contribution in [2.45, 2.75) is 50.2 Å². The van der Waals surface area contributed by atoms with Crippen molar-refractivity contribution in [2.75, 3.05) is 11.9 Å². The number of nitrogens with zero attached hydrogens (tertiary/aromatic N) is 1. The highest BCUT2D eigenvalue weighted by Crippen LogP contribution is 2.43. The number of para-hydroxylation sites is 1. The number of hydrogen-bond donors (Lipinski definition) is 1. The van der Waals surface area contributed by atoms with Crippen LogP contribution in [0.15, 0.2) is 24.3 Å². The molecule has 1 aromatic rings. The van der Waals surface area contributed by atoms with E-state index in [0.29, 0.717) is 11.7 Å². The van der Waals surface area contributed by atoms with Gasteiger partial charge in [-0.25, -0.2) is 0 Å². The first-order valence-corrected chi connectivity index (χ1v) is 7.22. The van der Waals surface area contributed by atoms with Crippen molar-refractivity contribution in [1.82, 2.24) is 0 Å². The molecule has 19 heavy (non-hydrogen) atoms. The molecule has 1 heterocycles. The van der Waals surface area contributed by atoms with Crippen LogP contribution in [0.5, 0.6) is 0 Å². The lowest BCUT2D eigenvalue weighted by Crippen LogP contribution is -2.28. The summed E-state index contributed by atoms with van der Waals surface area (Å²) in [5.74, 6) is 0. The first-order valence-electron chi connectivity index (χ1n) is 7.22. The Morgan fingerprint density at radius 2 is 2.05 bits per heavy atom. The molecule has 3 heteroatoms. The molecule has 2 fully saturated rings. The van der Waals surface area contributed by atoms with Gasteiger partial charge in [0.05, 0.1) is 23.0 Å². The number of nitrogens with one attached hydrogen (secondary N) is 1. The summed E-state index contributed by atoms with van der Waals surface area (Å²) in [5, 5.41) is 12.4. The molecule has 1 aromatic carbocycles. The third kappa shape index (κ3) is 2.59. The average Bonchev–Trinajstić information content (AvgIpc) is 3.07. The number of nitriles is 1. The molecule has 0 aromatic heterocycles. The van der Waals surface area contributed by atoms with E-state index in [4.69, 9.17) is 10.00 Å². The van der Waals surface area contributed by atoms with Crippen LogP contribution in [0.3, 0.4) is 0 Å². The van der Waals surface area contributed by atoms with E-state index >= 15 is 0 Å². The summed E-state index contributed by atoms with van der Waals surface area (Å²) in [4.78, 5) is 0. The summed E-state index contributed by atoms with van der Waals surface area (Å²) in [7, 11) is 0. The Bertz CT molecular complexity index is 486. The normalized spacial score (nSPS) is 24.5. The van der Waals surface area contributed by atoms with Crippen molar-refractivity contribution in [3.05, 3.63) is 29.8 Å². The standard InChI is InChI=1S/C16H20N2O/c17-11-13-5-1-2-6-15(13)18-12-14-7-10-16(19-14)8-3-4-9-16/h1-2,5-6,14,18H,3-4,7-10,12H2. The highest BCUT2D eigenvalue weighted by Gasteiger charge is 2.41. The van der Waals surface area contributed by atoms with E-state index in [1.54, 1.807) is 0 Å². The topological polar surface area (TPSA) is 45.0 Å². The van der Waals surface area contributed by atoms with E-state index < -0.39 is 0 Å². The minimum Gasteiger partial charge on any atom is -0.381 e. The zero-order valence-electron chi connectivity index (χ0n) is 11.2. The smallest absolute Gasteiger partial charge is 0.101 e. The van der Waals surface area contributed by atoms with Gasteiger partial charge in [0.1, 0.15) is 6.07 Å². The number of hydrogen-bond acceptors (Lipinski definition) is 3. The zero-order valence-corrected chi connectivity index (χ0v) is 11.2. The minimum atomic E-state index is 0.196. The Morgan fingerprint density at radius 3 is 2.84 bits per heavy atom. The van der Waals surface area contributed by atoms with E-state index in [2.05, 4.69) is 11.4 Å². The molecule has 0 radical (unpaired) electrons. The van der Waals surface area contributed by atoms with Crippen molar-refractivity contribution >= 4 is 5.69 Å². The molecule has 1 aliphatic carbocycles. The van der Waals surface area contributed by atoms with Gasteiger partial charge < -0.3 is 10.1 Å². The van der Waals surface area contributed by atoms with Gasteiger partial charge in [-0.15, -0.1) is 0 Å². The average molecular weight is 256 g/mol. The van der Waals surface area contributed by atoms with Gasteiger partial charge in [0.2, 0.25) is 0 Å². The monoisotopic (exact) mass is 256 g/mol. The molecule has 3 nitrogen and oxygen atoms in total. The number of anilines is 1. The molecule has 2 aliphatic rings. The second-order valence-electron chi connectivity index (χ2n) is 5.71. The molecule has 0 amide bonds. The molecule has 1 spiro atoms. The molecule has 3 rings (SSSR count). The third-order valence-corrected chi connectivity index (χ3v) is 4.42. The number of benzene rings is 1. The van der Waals surface area contributed by atoms with Gasteiger partial charge in [-0.2, -0.15) is 5.26 Å². The van der Waals surface area contributed by atoms with Crippen molar-refractivity contribution < 1.29 is 4.74 Å². The summed E-state index contributed by atoms with van der Waals surface area (Å²) >= 11 is 0. The van der Waals surface area contributed by atoms with Crippen LogP contribution in [0.4, 0.5) is 5.69 Å². The number of rotatable bonds is 3. The fourth-order valence-corrected chi connectivity index (χ4v) is 3.38. The van der Waals surface area contributed by atoms with Crippen LogP contribution in [0, 0.1) is 11.3 Å². The molecule has 0 bridgehead atoms. The first kappa shape index (κ1) is 12.5. The SMILES string of the molecule is N#Cc1ccccc1NCC1CCC2(CCCC2)O1. The van der Waals surface area contributed by atoms with Gasteiger partial charge in [-0.1, -0.05) is 25.0 Å². The molecule has 1 N–H and O–H groups in total. The molecule has 1 aliphatic heterocycles. The predicted molar refractivity (Wildman–Crippen MR) is 75.0 cm³/mol. The molecular formula is C16H20N2O. The summed E-state index contributed by atoms with van der Waals surface area (Å²) in [6.07, 6.45) is 7.75. The fourth-order valence-electron chi connectivity index (χ4n) is 3.38. The summed E-state index contributed by atoms with van der Waals surface area (Å²) in [5.41, 5.74) is 1.82. The quantitative estimate of drug-likeness (QED) is 0.900. The largest absolute Gasteiger partial charge is 0.381 e. The van der Waals surface area contributed by atoms with Crippen molar-refractivity contribution in [2.24, 2.45) is 0 Å². The lowest BCUT2D eigenvalue weighted by atomic mass is 9.98.